The Morgan fingerprint density at radius 3 is 1.65 bits per heavy atom. The van der Waals surface area contributed by atoms with E-state index in [0.717, 1.165) is 44.7 Å². The lowest BCUT2D eigenvalue weighted by Gasteiger charge is -2.27. The number of furan rings is 1. The van der Waals surface area contributed by atoms with Gasteiger partial charge in [0.05, 0.1) is 22.4 Å². The second-order valence-corrected chi connectivity index (χ2v) is 12.9. The summed E-state index contributed by atoms with van der Waals surface area (Å²) in [5.41, 5.74) is 13.5. The zero-order valence-corrected chi connectivity index (χ0v) is 26.5. The van der Waals surface area contributed by atoms with E-state index in [2.05, 4.69) is 179 Å². The van der Waals surface area contributed by atoms with Gasteiger partial charge in [0.15, 0.2) is 0 Å². The van der Waals surface area contributed by atoms with Crippen molar-refractivity contribution in [1.29, 1.82) is 0 Å². The second-order valence-electron chi connectivity index (χ2n) is 12.9. The van der Waals surface area contributed by atoms with Gasteiger partial charge in [0.2, 0.25) is 0 Å². The SMILES string of the molecule is c1ccc2c(c1)-c1ccc3ccccc3c1-c1ccccc1N2c1ccc2c(c1)oc1cc(-n3c4ccccc4c4ccccc43)ccc12. The molecule has 8 aromatic carbocycles. The van der Waals surface area contributed by atoms with Crippen molar-refractivity contribution >= 4 is 71.6 Å². The fourth-order valence-corrected chi connectivity index (χ4v) is 8.20. The molecule has 0 aliphatic carbocycles. The number of hydrogen-bond acceptors (Lipinski definition) is 2. The first kappa shape index (κ1) is 26.5. The molecular weight excluding hydrogens is 597 g/mol. The van der Waals surface area contributed by atoms with Gasteiger partial charge >= 0.3 is 0 Å². The third kappa shape index (κ3) is 3.73. The molecule has 0 spiro atoms. The van der Waals surface area contributed by atoms with Gasteiger partial charge in [-0.2, -0.15) is 0 Å². The zero-order chi connectivity index (χ0) is 32.1. The molecule has 3 heteroatoms. The van der Waals surface area contributed by atoms with Gasteiger partial charge in [-0.25, -0.2) is 0 Å². The van der Waals surface area contributed by atoms with Crippen LogP contribution < -0.4 is 4.90 Å². The molecule has 228 valence electrons. The maximum Gasteiger partial charge on any atom is 0.137 e. The Kier molecular flexibility index (Phi) is 5.38. The summed E-state index contributed by atoms with van der Waals surface area (Å²) in [4.78, 5) is 2.40. The van der Waals surface area contributed by atoms with Crippen molar-refractivity contribution in [2.75, 3.05) is 4.90 Å². The maximum absolute atomic E-state index is 6.73. The molecule has 0 fully saturated rings. The molecule has 0 saturated heterocycles. The average Bonchev–Trinajstić information content (AvgIpc) is 3.66. The van der Waals surface area contributed by atoms with Crippen molar-refractivity contribution < 1.29 is 4.42 Å². The number of aromatic nitrogens is 1. The lowest BCUT2D eigenvalue weighted by atomic mass is 9.90. The van der Waals surface area contributed by atoms with E-state index in [0.29, 0.717) is 0 Å². The quantitative estimate of drug-likeness (QED) is 0.191. The minimum Gasteiger partial charge on any atom is -0.456 e. The van der Waals surface area contributed by atoms with Crippen molar-refractivity contribution in [3.8, 4) is 27.9 Å². The number of para-hydroxylation sites is 4. The van der Waals surface area contributed by atoms with Crippen molar-refractivity contribution in [2.24, 2.45) is 0 Å². The zero-order valence-electron chi connectivity index (χ0n) is 26.5. The monoisotopic (exact) mass is 624 g/mol. The summed E-state index contributed by atoms with van der Waals surface area (Å²) in [7, 11) is 0. The topological polar surface area (TPSA) is 21.3 Å². The summed E-state index contributed by atoms with van der Waals surface area (Å²) in [6, 6.07) is 61.3. The number of nitrogens with zero attached hydrogens (tertiary/aromatic N) is 2. The Labute approximate surface area is 282 Å². The summed E-state index contributed by atoms with van der Waals surface area (Å²) in [5.74, 6) is 0. The predicted molar refractivity (Wildman–Crippen MR) is 205 cm³/mol. The Balaban J connectivity index is 1.12. The highest BCUT2D eigenvalue weighted by Crippen LogP contribution is 2.52. The Morgan fingerprint density at radius 2 is 0.918 bits per heavy atom. The van der Waals surface area contributed by atoms with E-state index in [1.165, 1.54) is 54.8 Å². The highest BCUT2D eigenvalue weighted by atomic mass is 16.3. The van der Waals surface area contributed by atoms with Crippen LogP contribution in [-0.2, 0) is 0 Å². The molecule has 0 amide bonds. The Hall–Kier alpha value is -6.58. The molecule has 0 radical (unpaired) electrons. The van der Waals surface area contributed by atoms with Crippen LogP contribution in [0.3, 0.4) is 0 Å². The molecule has 3 nitrogen and oxygen atoms in total. The van der Waals surface area contributed by atoms with E-state index in [-0.39, 0.29) is 0 Å². The molecule has 0 saturated carbocycles. The van der Waals surface area contributed by atoms with Crippen LogP contribution in [0.2, 0.25) is 0 Å². The molecule has 1 aliphatic rings. The smallest absolute Gasteiger partial charge is 0.137 e. The van der Waals surface area contributed by atoms with E-state index in [1.807, 2.05) is 0 Å². The number of fused-ring (bicyclic) bond motifs is 13. The minimum atomic E-state index is 0.869. The van der Waals surface area contributed by atoms with Crippen molar-refractivity contribution in [1.82, 2.24) is 4.57 Å². The molecule has 0 atom stereocenters. The molecule has 49 heavy (non-hydrogen) atoms. The van der Waals surface area contributed by atoms with Crippen molar-refractivity contribution in [2.45, 2.75) is 0 Å². The molecule has 11 rings (SSSR count). The standard InChI is InChI=1S/C46H28N2O/c1-2-12-32-29(11-1)21-24-38-35-15-5-9-19-42(35)48(43-20-10-6-16-39(43)46(32)38)31-23-26-37-36-25-22-30(27-44(36)49-45(37)28-31)47-40-17-7-3-13-33(40)34-14-4-8-18-41(34)47/h1-28H. The minimum absolute atomic E-state index is 0.869. The number of benzene rings is 8. The predicted octanol–water partition coefficient (Wildman–Crippen LogP) is 13.0. The van der Waals surface area contributed by atoms with Gasteiger partial charge in [-0.1, -0.05) is 109 Å². The first-order chi connectivity index (χ1) is 24.3. The van der Waals surface area contributed by atoms with E-state index >= 15 is 0 Å². The number of hydrogen-bond donors (Lipinski definition) is 0. The first-order valence-corrected chi connectivity index (χ1v) is 16.8. The third-order valence-corrected chi connectivity index (χ3v) is 10.3. The normalized spacial score (nSPS) is 12.4. The Morgan fingerprint density at radius 1 is 0.367 bits per heavy atom. The summed E-state index contributed by atoms with van der Waals surface area (Å²) in [6.45, 7) is 0. The van der Waals surface area contributed by atoms with Gasteiger partial charge in [-0.3, -0.25) is 0 Å². The van der Waals surface area contributed by atoms with Crippen LogP contribution in [0.15, 0.2) is 174 Å². The third-order valence-electron chi connectivity index (χ3n) is 10.3. The summed E-state index contributed by atoms with van der Waals surface area (Å²) in [6.07, 6.45) is 0. The highest BCUT2D eigenvalue weighted by molar-refractivity contribution is 6.13. The Bertz CT molecular complexity index is 2910. The molecule has 10 aromatic rings. The molecule has 3 heterocycles. The van der Waals surface area contributed by atoms with Gasteiger partial charge in [-0.05, 0) is 70.4 Å². The van der Waals surface area contributed by atoms with Crippen LogP contribution in [0.5, 0.6) is 0 Å². The highest BCUT2D eigenvalue weighted by Gasteiger charge is 2.27. The maximum atomic E-state index is 6.73. The van der Waals surface area contributed by atoms with Gasteiger partial charge < -0.3 is 13.9 Å². The van der Waals surface area contributed by atoms with Gasteiger partial charge in [0, 0.05) is 56.2 Å². The summed E-state index contributed by atoms with van der Waals surface area (Å²) >= 11 is 0. The van der Waals surface area contributed by atoms with Crippen LogP contribution in [0.1, 0.15) is 0 Å². The van der Waals surface area contributed by atoms with E-state index in [9.17, 15) is 0 Å². The molecule has 2 aromatic heterocycles. The lowest BCUT2D eigenvalue weighted by Crippen LogP contribution is -2.10. The average molecular weight is 625 g/mol. The molecule has 0 bridgehead atoms. The second kappa shape index (κ2) is 9.96. The van der Waals surface area contributed by atoms with Crippen LogP contribution >= 0.6 is 0 Å². The van der Waals surface area contributed by atoms with Crippen LogP contribution in [0.4, 0.5) is 17.1 Å². The van der Waals surface area contributed by atoms with E-state index in [1.54, 1.807) is 0 Å². The molecular formula is C46H28N2O. The van der Waals surface area contributed by atoms with Crippen LogP contribution in [0, 0.1) is 0 Å². The van der Waals surface area contributed by atoms with Crippen LogP contribution in [-0.4, -0.2) is 4.57 Å². The molecule has 0 N–H and O–H groups in total. The fraction of sp³-hybridized carbons (Fsp3) is 0. The largest absolute Gasteiger partial charge is 0.456 e. The van der Waals surface area contributed by atoms with E-state index in [4.69, 9.17) is 4.42 Å². The summed E-state index contributed by atoms with van der Waals surface area (Å²) < 4.78 is 9.08. The van der Waals surface area contributed by atoms with Crippen LogP contribution in [0.25, 0.3) is 82.5 Å². The summed E-state index contributed by atoms with van der Waals surface area (Å²) in [5, 5.41) is 7.22. The number of rotatable bonds is 2. The molecule has 1 aliphatic heterocycles. The van der Waals surface area contributed by atoms with Gasteiger partial charge in [0.25, 0.3) is 0 Å². The first-order valence-electron chi connectivity index (χ1n) is 16.8. The fourth-order valence-electron chi connectivity index (χ4n) is 8.20. The van der Waals surface area contributed by atoms with Crippen molar-refractivity contribution in [3.63, 3.8) is 0 Å². The van der Waals surface area contributed by atoms with Gasteiger partial charge in [-0.15, -0.1) is 0 Å². The lowest BCUT2D eigenvalue weighted by molar-refractivity contribution is 0.668. The molecule has 0 unspecified atom stereocenters. The van der Waals surface area contributed by atoms with Gasteiger partial charge in [0.1, 0.15) is 11.2 Å². The van der Waals surface area contributed by atoms with E-state index < -0.39 is 0 Å². The van der Waals surface area contributed by atoms with Crippen molar-refractivity contribution in [3.05, 3.63) is 170 Å². The number of anilines is 3.